The predicted molar refractivity (Wildman–Crippen MR) is 129 cm³/mol. The Kier molecular flexibility index (Phi) is 5.81. The summed E-state index contributed by atoms with van der Waals surface area (Å²) in [5, 5.41) is 0. The second-order valence-corrected chi connectivity index (χ2v) is 8.97. The van der Waals surface area contributed by atoms with Crippen molar-refractivity contribution in [1.82, 2.24) is 0 Å². The van der Waals surface area contributed by atoms with Gasteiger partial charge in [0, 0.05) is 17.8 Å². The fraction of sp³-hybridized carbons (Fsp3) is 0.276. The molecule has 1 heterocycles. The monoisotopic (exact) mass is 423 g/mol. The lowest BCUT2D eigenvalue weighted by molar-refractivity contribution is 0.0985. The third kappa shape index (κ3) is 4.34. The van der Waals surface area contributed by atoms with Crippen LogP contribution in [-0.4, -0.2) is 12.5 Å². The Labute approximate surface area is 190 Å². The van der Waals surface area contributed by atoms with Gasteiger partial charge in [-0.15, -0.1) is 0 Å². The Morgan fingerprint density at radius 2 is 1.69 bits per heavy atom. The minimum atomic E-state index is 0.0592. The third-order valence-electron chi connectivity index (χ3n) is 6.77. The molecule has 0 bridgehead atoms. The SMILES string of the molecule is O=C(c1ccc(OCc2ccccc2)cc1)N1CCC2(C=CCCC2)Cc2ccccc21. The number of para-hydroxylation sites is 1. The summed E-state index contributed by atoms with van der Waals surface area (Å²) in [5.41, 5.74) is 4.32. The Bertz CT molecular complexity index is 1100. The average Bonchev–Trinajstić information content (AvgIpc) is 3.00. The molecular weight excluding hydrogens is 394 g/mol. The number of nitrogens with zero attached hydrogens (tertiary/aromatic N) is 1. The molecule has 0 saturated heterocycles. The smallest absolute Gasteiger partial charge is 0.258 e. The van der Waals surface area contributed by atoms with E-state index in [1.807, 2.05) is 65.6 Å². The molecule has 1 atom stereocenters. The maximum Gasteiger partial charge on any atom is 0.258 e. The van der Waals surface area contributed by atoms with Crippen molar-refractivity contribution in [2.24, 2.45) is 5.41 Å². The van der Waals surface area contributed by atoms with Crippen LogP contribution in [0.4, 0.5) is 5.69 Å². The van der Waals surface area contributed by atoms with Gasteiger partial charge in [-0.1, -0.05) is 60.7 Å². The minimum Gasteiger partial charge on any atom is -0.489 e. The molecule has 32 heavy (non-hydrogen) atoms. The topological polar surface area (TPSA) is 29.5 Å². The number of anilines is 1. The molecule has 3 heteroatoms. The van der Waals surface area contributed by atoms with Gasteiger partial charge in [-0.05, 0) is 79.0 Å². The molecule has 1 aliphatic carbocycles. The van der Waals surface area contributed by atoms with Crippen LogP contribution in [-0.2, 0) is 13.0 Å². The molecule has 0 N–H and O–H groups in total. The molecule has 1 spiro atoms. The van der Waals surface area contributed by atoms with E-state index in [0.29, 0.717) is 12.2 Å². The molecule has 0 fully saturated rings. The largest absolute Gasteiger partial charge is 0.489 e. The van der Waals surface area contributed by atoms with Crippen molar-refractivity contribution in [3.8, 4) is 5.75 Å². The fourth-order valence-corrected chi connectivity index (χ4v) is 4.99. The molecular formula is C29H29NO2. The number of ether oxygens (including phenoxy) is 1. The van der Waals surface area contributed by atoms with Crippen molar-refractivity contribution in [3.63, 3.8) is 0 Å². The summed E-state index contributed by atoms with van der Waals surface area (Å²) in [7, 11) is 0. The quantitative estimate of drug-likeness (QED) is 0.443. The number of hydrogen-bond acceptors (Lipinski definition) is 2. The van der Waals surface area contributed by atoms with Crippen LogP contribution in [0.5, 0.6) is 5.75 Å². The number of allylic oxidation sites excluding steroid dienone is 2. The molecule has 3 nitrogen and oxygen atoms in total. The highest BCUT2D eigenvalue weighted by Crippen LogP contribution is 2.43. The number of rotatable bonds is 4. The number of amides is 1. The fourth-order valence-electron chi connectivity index (χ4n) is 4.99. The molecule has 3 aromatic carbocycles. The standard InChI is InChI=1S/C29H29NO2/c31-28(24-13-15-26(16-14-24)32-22-23-9-3-1-4-10-23)30-20-19-29(17-7-2-8-18-29)21-25-11-5-6-12-27(25)30/h1,3-7,9-17H,2,8,18-22H2. The van der Waals surface area contributed by atoms with E-state index < -0.39 is 0 Å². The second-order valence-electron chi connectivity index (χ2n) is 8.97. The highest BCUT2D eigenvalue weighted by atomic mass is 16.5. The third-order valence-corrected chi connectivity index (χ3v) is 6.77. The zero-order chi connectivity index (χ0) is 21.8. The van der Waals surface area contributed by atoms with Crippen LogP contribution in [0.2, 0.25) is 0 Å². The number of carbonyl (C=O) groups is 1. The van der Waals surface area contributed by atoms with Gasteiger partial charge in [-0.2, -0.15) is 0 Å². The first kappa shape index (κ1) is 20.6. The van der Waals surface area contributed by atoms with Crippen LogP contribution in [0.3, 0.4) is 0 Å². The molecule has 0 saturated carbocycles. The van der Waals surface area contributed by atoms with E-state index in [2.05, 4.69) is 30.4 Å². The van der Waals surface area contributed by atoms with E-state index in [9.17, 15) is 4.79 Å². The summed E-state index contributed by atoms with van der Waals surface area (Å²) >= 11 is 0. The number of benzene rings is 3. The minimum absolute atomic E-state index is 0.0592. The lowest BCUT2D eigenvalue weighted by Gasteiger charge is -2.32. The summed E-state index contributed by atoms with van der Waals surface area (Å²) in [4.78, 5) is 15.5. The van der Waals surface area contributed by atoms with Crippen molar-refractivity contribution in [2.75, 3.05) is 11.4 Å². The maximum atomic E-state index is 13.5. The molecule has 5 rings (SSSR count). The zero-order valence-corrected chi connectivity index (χ0v) is 18.4. The number of carbonyl (C=O) groups excluding carboxylic acids is 1. The Morgan fingerprint density at radius 3 is 2.47 bits per heavy atom. The Balaban J connectivity index is 1.34. The lowest BCUT2D eigenvalue weighted by atomic mass is 9.72. The molecule has 3 aromatic rings. The van der Waals surface area contributed by atoms with Gasteiger partial charge in [-0.25, -0.2) is 0 Å². The van der Waals surface area contributed by atoms with Gasteiger partial charge in [0.05, 0.1) is 0 Å². The average molecular weight is 424 g/mol. The number of hydrogen-bond donors (Lipinski definition) is 0. The predicted octanol–water partition coefficient (Wildman–Crippen LogP) is 6.59. The van der Waals surface area contributed by atoms with E-state index in [1.165, 1.54) is 24.8 Å². The lowest BCUT2D eigenvalue weighted by Crippen LogP contribution is -2.33. The van der Waals surface area contributed by atoms with Gasteiger partial charge >= 0.3 is 0 Å². The first-order chi connectivity index (χ1) is 15.7. The number of fused-ring (bicyclic) bond motifs is 1. The van der Waals surface area contributed by atoms with Gasteiger partial charge in [0.15, 0.2) is 0 Å². The van der Waals surface area contributed by atoms with Gasteiger partial charge in [0.1, 0.15) is 12.4 Å². The van der Waals surface area contributed by atoms with Crippen LogP contribution in [0.1, 0.15) is 47.2 Å². The van der Waals surface area contributed by atoms with Crippen molar-refractivity contribution in [1.29, 1.82) is 0 Å². The van der Waals surface area contributed by atoms with Crippen LogP contribution >= 0.6 is 0 Å². The van der Waals surface area contributed by atoms with E-state index in [4.69, 9.17) is 4.74 Å². The molecule has 0 aromatic heterocycles. The molecule has 1 unspecified atom stereocenters. The van der Waals surface area contributed by atoms with Gasteiger partial charge in [0.25, 0.3) is 5.91 Å². The summed E-state index contributed by atoms with van der Waals surface area (Å²) in [6.45, 7) is 1.26. The molecule has 162 valence electrons. The van der Waals surface area contributed by atoms with Crippen molar-refractivity contribution in [2.45, 2.75) is 38.7 Å². The second kappa shape index (κ2) is 9.04. The zero-order valence-electron chi connectivity index (χ0n) is 18.4. The van der Waals surface area contributed by atoms with E-state index in [-0.39, 0.29) is 11.3 Å². The van der Waals surface area contributed by atoms with Crippen LogP contribution < -0.4 is 9.64 Å². The van der Waals surface area contributed by atoms with Crippen LogP contribution in [0.25, 0.3) is 0 Å². The van der Waals surface area contributed by atoms with Crippen molar-refractivity contribution >= 4 is 11.6 Å². The summed E-state index contributed by atoms with van der Waals surface area (Å²) in [6, 6.07) is 26.1. The van der Waals surface area contributed by atoms with E-state index >= 15 is 0 Å². The summed E-state index contributed by atoms with van der Waals surface area (Å²) in [6.07, 6.45) is 10.4. The highest BCUT2D eigenvalue weighted by Gasteiger charge is 2.35. The first-order valence-electron chi connectivity index (χ1n) is 11.6. The Hall–Kier alpha value is -3.33. The molecule has 2 aliphatic rings. The van der Waals surface area contributed by atoms with E-state index in [1.54, 1.807) is 0 Å². The molecule has 1 aliphatic heterocycles. The van der Waals surface area contributed by atoms with Crippen LogP contribution in [0, 0.1) is 5.41 Å². The molecule has 0 radical (unpaired) electrons. The summed E-state index contributed by atoms with van der Waals surface area (Å²) < 4.78 is 5.89. The van der Waals surface area contributed by atoms with E-state index in [0.717, 1.165) is 36.4 Å². The molecule has 1 amide bonds. The maximum absolute atomic E-state index is 13.5. The van der Waals surface area contributed by atoms with Crippen molar-refractivity contribution < 1.29 is 9.53 Å². The van der Waals surface area contributed by atoms with Gasteiger partial charge in [0.2, 0.25) is 0 Å². The van der Waals surface area contributed by atoms with Crippen LogP contribution in [0.15, 0.2) is 91.0 Å². The summed E-state index contributed by atoms with van der Waals surface area (Å²) in [5.74, 6) is 0.830. The Morgan fingerprint density at radius 1 is 0.906 bits per heavy atom. The van der Waals surface area contributed by atoms with Gasteiger partial charge < -0.3 is 9.64 Å². The highest BCUT2D eigenvalue weighted by molar-refractivity contribution is 6.06. The van der Waals surface area contributed by atoms with Crippen molar-refractivity contribution in [3.05, 3.63) is 108 Å². The first-order valence-corrected chi connectivity index (χ1v) is 11.6. The van der Waals surface area contributed by atoms with Gasteiger partial charge in [-0.3, -0.25) is 4.79 Å². The normalized spacial score (nSPS) is 19.9.